The summed E-state index contributed by atoms with van der Waals surface area (Å²) in [6, 6.07) is 0.212. The van der Waals surface area contributed by atoms with E-state index in [9.17, 15) is 0 Å². The molecule has 0 saturated carbocycles. The molecule has 0 saturated heterocycles. The van der Waals surface area contributed by atoms with Gasteiger partial charge < -0.3 is 15.8 Å². The zero-order valence-electron chi connectivity index (χ0n) is 10.4. The minimum Gasteiger partial charge on any atom is -0.383 e. The highest BCUT2D eigenvalue weighted by molar-refractivity contribution is 5.78. The van der Waals surface area contributed by atoms with Gasteiger partial charge in [-0.3, -0.25) is 4.99 Å². The van der Waals surface area contributed by atoms with Crippen molar-refractivity contribution in [1.82, 2.24) is 5.32 Å². The smallest absolute Gasteiger partial charge is 0.188 e. The average molecular weight is 215 g/mol. The summed E-state index contributed by atoms with van der Waals surface area (Å²) in [6.45, 7) is 7.89. The third-order valence-electron chi connectivity index (χ3n) is 2.03. The van der Waals surface area contributed by atoms with Crippen molar-refractivity contribution >= 4 is 5.96 Å². The topological polar surface area (TPSA) is 59.6 Å². The Morgan fingerprint density at radius 1 is 1.40 bits per heavy atom. The molecule has 4 nitrogen and oxygen atoms in total. The highest BCUT2D eigenvalue weighted by Gasteiger charge is 2.00. The molecule has 0 aliphatic heterocycles. The summed E-state index contributed by atoms with van der Waals surface area (Å²) in [5.74, 6) is 1.25. The van der Waals surface area contributed by atoms with Crippen molar-refractivity contribution in [2.45, 2.75) is 39.7 Å². The number of hydrogen-bond acceptors (Lipinski definition) is 2. The molecule has 0 aromatic carbocycles. The van der Waals surface area contributed by atoms with Gasteiger partial charge in [0.25, 0.3) is 0 Å². The second-order valence-corrected chi connectivity index (χ2v) is 4.30. The summed E-state index contributed by atoms with van der Waals surface area (Å²) in [7, 11) is 1.67. The number of aliphatic imine (C=N–C) groups is 1. The first-order chi connectivity index (χ1) is 7.06. The van der Waals surface area contributed by atoms with Crippen molar-refractivity contribution in [2.24, 2.45) is 16.6 Å². The molecule has 1 unspecified atom stereocenters. The van der Waals surface area contributed by atoms with Crippen LogP contribution in [0.1, 0.15) is 33.6 Å². The number of nitrogens with two attached hydrogens (primary N) is 1. The Hall–Kier alpha value is -0.770. The van der Waals surface area contributed by atoms with E-state index in [0.29, 0.717) is 12.6 Å². The second-order valence-electron chi connectivity index (χ2n) is 4.30. The second kappa shape index (κ2) is 8.53. The number of ether oxygens (including phenoxy) is 1. The molecule has 0 heterocycles. The lowest BCUT2D eigenvalue weighted by Gasteiger charge is -2.13. The van der Waals surface area contributed by atoms with Crippen LogP contribution in [0, 0.1) is 5.92 Å². The van der Waals surface area contributed by atoms with E-state index in [-0.39, 0.29) is 6.04 Å². The summed E-state index contributed by atoms with van der Waals surface area (Å²) in [6.07, 6.45) is 2.29. The van der Waals surface area contributed by atoms with Gasteiger partial charge in [0.15, 0.2) is 5.96 Å². The molecule has 3 N–H and O–H groups in total. The summed E-state index contributed by atoms with van der Waals surface area (Å²) < 4.78 is 4.99. The van der Waals surface area contributed by atoms with E-state index in [1.807, 2.05) is 6.92 Å². The Labute approximate surface area is 93.3 Å². The maximum absolute atomic E-state index is 5.71. The molecular weight excluding hydrogens is 190 g/mol. The first kappa shape index (κ1) is 14.2. The lowest BCUT2D eigenvalue weighted by atomic mass is 10.1. The van der Waals surface area contributed by atoms with Crippen LogP contribution in [0.4, 0.5) is 0 Å². The van der Waals surface area contributed by atoms with Crippen LogP contribution in [-0.4, -0.2) is 32.3 Å². The SMILES string of the molecule is COCC(C)NC(N)=NCCCC(C)C. The van der Waals surface area contributed by atoms with Crippen molar-refractivity contribution in [3.63, 3.8) is 0 Å². The van der Waals surface area contributed by atoms with Gasteiger partial charge in [-0.15, -0.1) is 0 Å². The van der Waals surface area contributed by atoms with Gasteiger partial charge in [0.2, 0.25) is 0 Å². The van der Waals surface area contributed by atoms with E-state index in [4.69, 9.17) is 10.5 Å². The number of nitrogens with zero attached hydrogens (tertiary/aromatic N) is 1. The Morgan fingerprint density at radius 3 is 2.60 bits per heavy atom. The molecule has 0 amide bonds. The van der Waals surface area contributed by atoms with Crippen LogP contribution in [0.3, 0.4) is 0 Å². The molecule has 0 bridgehead atoms. The number of rotatable bonds is 7. The monoisotopic (exact) mass is 215 g/mol. The maximum Gasteiger partial charge on any atom is 0.188 e. The Morgan fingerprint density at radius 2 is 2.07 bits per heavy atom. The van der Waals surface area contributed by atoms with E-state index < -0.39 is 0 Å². The number of nitrogens with one attached hydrogen (secondary N) is 1. The molecular formula is C11H25N3O. The average Bonchev–Trinajstić information content (AvgIpc) is 2.12. The van der Waals surface area contributed by atoms with Crippen molar-refractivity contribution in [2.75, 3.05) is 20.3 Å². The molecule has 0 radical (unpaired) electrons. The fourth-order valence-corrected chi connectivity index (χ4v) is 1.29. The van der Waals surface area contributed by atoms with Gasteiger partial charge in [-0.25, -0.2) is 0 Å². The number of guanidine groups is 1. The Bertz CT molecular complexity index is 181. The molecule has 0 aromatic rings. The summed E-state index contributed by atoms with van der Waals surface area (Å²) in [4.78, 5) is 4.25. The molecule has 90 valence electrons. The lowest BCUT2D eigenvalue weighted by Crippen LogP contribution is -2.40. The van der Waals surface area contributed by atoms with Gasteiger partial charge in [0.05, 0.1) is 6.61 Å². The van der Waals surface area contributed by atoms with Gasteiger partial charge >= 0.3 is 0 Å². The van der Waals surface area contributed by atoms with E-state index in [1.165, 1.54) is 6.42 Å². The molecule has 4 heteroatoms. The van der Waals surface area contributed by atoms with Crippen LogP contribution in [0.5, 0.6) is 0 Å². The quantitative estimate of drug-likeness (QED) is 0.383. The summed E-state index contributed by atoms with van der Waals surface area (Å²) >= 11 is 0. The van der Waals surface area contributed by atoms with E-state index in [2.05, 4.69) is 24.2 Å². The van der Waals surface area contributed by atoms with E-state index in [1.54, 1.807) is 7.11 Å². The Kier molecular flexibility index (Phi) is 8.09. The van der Waals surface area contributed by atoms with Gasteiger partial charge in [-0.05, 0) is 25.7 Å². The number of methoxy groups -OCH3 is 1. The van der Waals surface area contributed by atoms with Crippen LogP contribution in [0.2, 0.25) is 0 Å². The normalized spacial score (nSPS) is 14.3. The molecule has 0 aliphatic carbocycles. The highest BCUT2D eigenvalue weighted by Crippen LogP contribution is 2.02. The van der Waals surface area contributed by atoms with Gasteiger partial charge in [-0.1, -0.05) is 13.8 Å². The van der Waals surface area contributed by atoms with Gasteiger partial charge in [0.1, 0.15) is 0 Å². The molecule has 0 rings (SSSR count). The predicted molar refractivity (Wildman–Crippen MR) is 65.0 cm³/mol. The molecule has 0 aromatic heterocycles. The summed E-state index contributed by atoms with van der Waals surface area (Å²) in [5.41, 5.74) is 5.71. The molecule has 0 aliphatic rings. The third-order valence-corrected chi connectivity index (χ3v) is 2.03. The zero-order chi connectivity index (χ0) is 11.7. The maximum atomic E-state index is 5.71. The number of hydrogen-bond donors (Lipinski definition) is 2. The van der Waals surface area contributed by atoms with E-state index >= 15 is 0 Å². The van der Waals surface area contributed by atoms with Crippen LogP contribution >= 0.6 is 0 Å². The summed E-state index contributed by atoms with van der Waals surface area (Å²) in [5, 5.41) is 3.07. The van der Waals surface area contributed by atoms with Crippen LogP contribution < -0.4 is 11.1 Å². The molecule has 15 heavy (non-hydrogen) atoms. The Balaban J connectivity index is 3.60. The minimum absolute atomic E-state index is 0.212. The van der Waals surface area contributed by atoms with Crippen LogP contribution in [-0.2, 0) is 4.74 Å². The minimum atomic E-state index is 0.212. The molecule has 0 fully saturated rings. The van der Waals surface area contributed by atoms with Crippen molar-refractivity contribution in [3.05, 3.63) is 0 Å². The first-order valence-electron chi connectivity index (χ1n) is 5.61. The third kappa shape index (κ3) is 9.53. The molecule has 0 spiro atoms. The fraction of sp³-hybridized carbons (Fsp3) is 0.909. The van der Waals surface area contributed by atoms with Crippen molar-refractivity contribution < 1.29 is 4.74 Å². The van der Waals surface area contributed by atoms with Crippen LogP contribution in [0.25, 0.3) is 0 Å². The zero-order valence-corrected chi connectivity index (χ0v) is 10.4. The largest absolute Gasteiger partial charge is 0.383 e. The van der Waals surface area contributed by atoms with Crippen molar-refractivity contribution in [1.29, 1.82) is 0 Å². The van der Waals surface area contributed by atoms with Crippen molar-refractivity contribution in [3.8, 4) is 0 Å². The standard InChI is InChI=1S/C11H25N3O/c1-9(2)6-5-7-13-11(12)14-10(3)8-15-4/h9-10H,5-8H2,1-4H3,(H3,12,13,14). The predicted octanol–water partition coefficient (Wildman–Crippen LogP) is 1.36. The molecule has 1 atom stereocenters. The fourth-order valence-electron chi connectivity index (χ4n) is 1.29. The highest BCUT2D eigenvalue weighted by atomic mass is 16.5. The first-order valence-corrected chi connectivity index (χ1v) is 5.61. The lowest BCUT2D eigenvalue weighted by molar-refractivity contribution is 0.179. The van der Waals surface area contributed by atoms with E-state index in [0.717, 1.165) is 18.9 Å². The van der Waals surface area contributed by atoms with Gasteiger partial charge in [-0.2, -0.15) is 0 Å². The van der Waals surface area contributed by atoms with Gasteiger partial charge in [0, 0.05) is 19.7 Å². The van der Waals surface area contributed by atoms with Crippen LogP contribution in [0.15, 0.2) is 4.99 Å².